The van der Waals surface area contributed by atoms with Gasteiger partial charge in [-0.05, 0) is 43.5 Å². The Morgan fingerprint density at radius 3 is 2.77 bits per heavy atom. The van der Waals surface area contributed by atoms with Gasteiger partial charge in [0, 0.05) is 6.08 Å². The first-order chi connectivity index (χ1) is 10.7. The molecule has 0 fully saturated rings. The van der Waals surface area contributed by atoms with Crippen LogP contribution in [-0.4, -0.2) is 18.7 Å². The lowest BCUT2D eigenvalue weighted by Crippen LogP contribution is -2.11. The third-order valence-corrected chi connectivity index (χ3v) is 3.43. The summed E-state index contributed by atoms with van der Waals surface area (Å²) in [6, 6.07) is 7.75. The molecule has 0 aliphatic rings. The Balaban J connectivity index is 2.44. The minimum absolute atomic E-state index is 0.0464. The molecule has 122 valence electrons. The number of carbonyl (C=O) groups is 1. The average Bonchev–Trinajstić information content (AvgIpc) is 2.53. The first-order valence-electron chi connectivity index (χ1n) is 8.27. The molecule has 0 aromatic heterocycles. The first kappa shape index (κ1) is 18.3. The van der Waals surface area contributed by atoms with E-state index in [1.54, 1.807) is 6.08 Å². The summed E-state index contributed by atoms with van der Waals surface area (Å²) in [6.45, 7) is 6.81. The van der Waals surface area contributed by atoms with E-state index in [9.17, 15) is 4.79 Å². The molecule has 0 radical (unpaired) electrons. The van der Waals surface area contributed by atoms with Gasteiger partial charge in [0.1, 0.15) is 5.75 Å². The third-order valence-electron chi connectivity index (χ3n) is 3.43. The summed E-state index contributed by atoms with van der Waals surface area (Å²) < 4.78 is 10.9. The molecule has 0 saturated heterocycles. The molecule has 1 unspecified atom stereocenters. The van der Waals surface area contributed by atoms with Crippen LogP contribution in [0.3, 0.4) is 0 Å². The minimum Gasteiger partial charge on any atom is -0.494 e. The van der Waals surface area contributed by atoms with Gasteiger partial charge < -0.3 is 9.47 Å². The second-order valence-electron chi connectivity index (χ2n) is 5.47. The van der Waals surface area contributed by atoms with Crippen LogP contribution in [0.5, 0.6) is 5.75 Å². The van der Waals surface area contributed by atoms with Gasteiger partial charge in [-0.15, -0.1) is 0 Å². The van der Waals surface area contributed by atoms with Gasteiger partial charge >= 0.3 is 5.97 Å². The molecule has 3 heteroatoms. The minimum atomic E-state index is -0.305. The van der Waals surface area contributed by atoms with E-state index in [1.165, 1.54) is 25.3 Å². The molecule has 0 amide bonds. The van der Waals surface area contributed by atoms with Crippen LogP contribution in [0.2, 0.25) is 0 Å². The van der Waals surface area contributed by atoms with Gasteiger partial charge in [-0.2, -0.15) is 0 Å². The van der Waals surface area contributed by atoms with Crippen LogP contribution >= 0.6 is 0 Å². The highest BCUT2D eigenvalue weighted by atomic mass is 16.5. The highest BCUT2D eigenvalue weighted by Gasteiger charge is 2.03. The average molecular weight is 304 g/mol. The number of carbonyl (C=O) groups excluding carboxylic acids is 1. The van der Waals surface area contributed by atoms with E-state index in [0.29, 0.717) is 0 Å². The largest absolute Gasteiger partial charge is 0.494 e. The van der Waals surface area contributed by atoms with Crippen molar-refractivity contribution in [2.75, 3.05) is 6.61 Å². The molecule has 0 spiro atoms. The van der Waals surface area contributed by atoms with Gasteiger partial charge in [-0.1, -0.05) is 45.2 Å². The first-order valence-corrected chi connectivity index (χ1v) is 8.27. The Bertz CT molecular complexity index is 466. The van der Waals surface area contributed by atoms with Gasteiger partial charge in [-0.3, -0.25) is 0 Å². The lowest BCUT2D eigenvalue weighted by Gasteiger charge is -2.08. The Morgan fingerprint density at radius 2 is 2.05 bits per heavy atom. The molecule has 22 heavy (non-hydrogen) atoms. The van der Waals surface area contributed by atoms with Gasteiger partial charge in [0.25, 0.3) is 0 Å². The van der Waals surface area contributed by atoms with E-state index in [0.717, 1.165) is 30.8 Å². The molecule has 1 rings (SSSR count). The summed E-state index contributed by atoms with van der Waals surface area (Å²) >= 11 is 0. The maximum Gasteiger partial charge on any atom is 0.331 e. The molecular formula is C19H28O3. The Labute approximate surface area is 134 Å². The van der Waals surface area contributed by atoms with Crippen LogP contribution in [0.15, 0.2) is 30.3 Å². The monoisotopic (exact) mass is 304 g/mol. The second-order valence-corrected chi connectivity index (χ2v) is 5.47. The fourth-order valence-corrected chi connectivity index (χ4v) is 1.91. The van der Waals surface area contributed by atoms with Gasteiger partial charge in [-0.25, -0.2) is 4.79 Å². The smallest absolute Gasteiger partial charge is 0.331 e. The van der Waals surface area contributed by atoms with Crippen molar-refractivity contribution < 1.29 is 14.3 Å². The fourth-order valence-electron chi connectivity index (χ4n) is 1.91. The highest BCUT2D eigenvalue weighted by Crippen LogP contribution is 2.15. The van der Waals surface area contributed by atoms with Crippen LogP contribution in [0.4, 0.5) is 0 Å². The van der Waals surface area contributed by atoms with Crippen molar-refractivity contribution in [3.05, 3.63) is 35.9 Å². The van der Waals surface area contributed by atoms with Crippen molar-refractivity contribution in [1.82, 2.24) is 0 Å². The summed E-state index contributed by atoms with van der Waals surface area (Å²) in [5.41, 5.74) is 0.937. The molecule has 0 heterocycles. The Hall–Kier alpha value is -1.77. The lowest BCUT2D eigenvalue weighted by molar-refractivity contribution is -0.142. The Kier molecular flexibility index (Phi) is 9.04. The highest BCUT2D eigenvalue weighted by molar-refractivity contribution is 5.87. The zero-order chi connectivity index (χ0) is 16.2. The fraction of sp³-hybridized carbons (Fsp3) is 0.526. The van der Waals surface area contributed by atoms with E-state index in [4.69, 9.17) is 9.47 Å². The molecule has 0 aliphatic heterocycles. The standard InChI is InChI=1S/C19H28O3/c1-4-6-7-8-14-21-18-11-9-10-17(15-18)12-13-19(20)22-16(3)5-2/h9-13,15-16H,4-8,14H2,1-3H3. The second kappa shape index (κ2) is 10.9. The molecule has 1 atom stereocenters. The number of ether oxygens (including phenoxy) is 2. The number of hydrogen-bond donors (Lipinski definition) is 0. The summed E-state index contributed by atoms with van der Waals surface area (Å²) in [7, 11) is 0. The van der Waals surface area contributed by atoms with Crippen molar-refractivity contribution in [3.63, 3.8) is 0 Å². The number of benzene rings is 1. The third kappa shape index (κ3) is 7.87. The van der Waals surface area contributed by atoms with E-state index in [1.807, 2.05) is 38.1 Å². The molecule has 0 N–H and O–H groups in total. The Morgan fingerprint density at radius 1 is 1.23 bits per heavy atom. The van der Waals surface area contributed by atoms with Crippen LogP contribution in [-0.2, 0) is 9.53 Å². The van der Waals surface area contributed by atoms with E-state index >= 15 is 0 Å². The van der Waals surface area contributed by atoms with Crippen molar-refractivity contribution in [3.8, 4) is 5.75 Å². The molecule has 3 nitrogen and oxygen atoms in total. The van der Waals surface area contributed by atoms with Gasteiger partial charge in [0.2, 0.25) is 0 Å². The maximum absolute atomic E-state index is 11.6. The van der Waals surface area contributed by atoms with E-state index < -0.39 is 0 Å². The van der Waals surface area contributed by atoms with Crippen LogP contribution in [0.25, 0.3) is 6.08 Å². The predicted molar refractivity (Wildman–Crippen MR) is 91.0 cm³/mol. The lowest BCUT2D eigenvalue weighted by atomic mass is 10.2. The summed E-state index contributed by atoms with van der Waals surface area (Å²) in [5.74, 6) is 0.536. The number of hydrogen-bond acceptors (Lipinski definition) is 3. The maximum atomic E-state index is 11.6. The summed E-state index contributed by atoms with van der Waals surface area (Å²) in [5, 5.41) is 0. The quantitative estimate of drug-likeness (QED) is 0.346. The predicted octanol–water partition coefficient (Wildman–Crippen LogP) is 5.00. The normalized spacial score (nSPS) is 12.3. The van der Waals surface area contributed by atoms with Crippen LogP contribution < -0.4 is 4.74 Å². The number of rotatable bonds is 10. The molecule has 0 saturated carbocycles. The molecular weight excluding hydrogens is 276 g/mol. The zero-order valence-corrected chi connectivity index (χ0v) is 14.0. The van der Waals surface area contributed by atoms with Crippen molar-refractivity contribution in [2.24, 2.45) is 0 Å². The van der Waals surface area contributed by atoms with Crippen LogP contribution in [0.1, 0.15) is 58.4 Å². The topological polar surface area (TPSA) is 35.5 Å². The summed E-state index contributed by atoms with van der Waals surface area (Å²) in [4.78, 5) is 11.6. The molecule has 1 aromatic carbocycles. The summed E-state index contributed by atoms with van der Waals surface area (Å²) in [6.07, 6.45) is 8.77. The number of unbranched alkanes of at least 4 members (excludes halogenated alkanes) is 3. The SMILES string of the molecule is CCCCCCOc1cccc(C=CC(=O)OC(C)CC)c1. The number of esters is 1. The van der Waals surface area contributed by atoms with Crippen molar-refractivity contribution in [2.45, 2.75) is 59.0 Å². The molecule has 1 aromatic rings. The van der Waals surface area contributed by atoms with E-state index in [-0.39, 0.29) is 12.1 Å². The molecule has 0 bridgehead atoms. The van der Waals surface area contributed by atoms with Crippen molar-refractivity contribution >= 4 is 12.0 Å². The molecule has 0 aliphatic carbocycles. The van der Waals surface area contributed by atoms with Crippen LogP contribution in [0, 0.1) is 0 Å². The van der Waals surface area contributed by atoms with E-state index in [2.05, 4.69) is 6.92 Å². The van der Waals surface area contributed by atoms with Crippen molar-refractivity contribution in [1.29, 1.82) is 0 Å². The van der Waals surface area contributed by atoms with Gasteiger partial charge in [0.05, 0.1) is 12.7 Å². The zero-order valence-electron chi connectivity index (χ0n) is 14.0. The van der Waals surface area contributed by atoms with Gasteiger partial charge in [0.15, 0.2) is 0 Å².